The highest BCUT2D eigenvalue weighted by atomic mass is 79.9. The zero-order valence-electron chi connectivity index (χ0n) is 22.9. The maximum atomic E-state index is 13.4. The molecule has 1 N–H and O–H groups in total. The zero-order valence-corrected chi connectivity index (χ0v) is 26.8. The second kappa shape index (κ2) is 12.6. The first-order valence-corrected chi connectivity index (χ1v) is 16.5. The number of hydrogen-bond acceptors (Lipinski definition) is 4. The predicted octanol–water partition coefficient (Wildman–Crippen LogP) is 6.32. The summed E-state index contributed by atoms with van der Waals surface area (Å²) in [7, 11) is 0. The van der Waals surface area contributed by atoms with Crippen LogP contribution in [0.5, 0.6) is 0 Å². The van der Waals surface area contributed by atoms with Crippen LogP contribution in [-0.4, -0.2) is 62.7 Å². The Kier molecular flexibility index (Phi) is 8.84. The third kappa shape index (κ3) is 6.42. The topological polar surface area (TPSA) is 82.2 Å². The van der Waals surface area contributed by atoms with Gasteiger partial charge in [0.1, 0.15) is 0 Å². The predicted molar refractivity (Wildman–Crippen MR) is 166 cm³/mol. The third-order valence-corrected chi connectivity index (χ3v) is 10.4. The summed E-state index contributed by atoms with van der Waals surface area (Å²) in [6.07, 6.45) is 11.7. The molecule has 10 heteroatoms. The molecule has 0 spiro atoms. The van der Waals surface area contributed by atoms with E-state index in [-0.39, 0.29) is 17.7 Å². The normalized spacial score (nSPS) is 19.9. The molecule has 0 bridgehead atoms. The van der Waals surface area contributed by atoms with Gasteiger partial charge in [0.2, 0.25) is 11.8 Å². The van der Waals surface area contributed by atoms with Gasteiger partial charge in [0.05, 0.1) is 18.4 Å². The van der Waals surface area contributed by atoms with Crippen LogP contribution >= 0.6 is 43.5 Å². The summed E-state index contributed by atoms with van der Waals surface area (Å²) in [4.78, 5) is 41.9. The number of carbonyl (C=O) groups is 2. The number of aryl methyl sites for hydroxylation is 2. The van der Waals surface area contributed by atoms with Crippen LogP contribution in [0.4, 0.5) is 0 Å². The summed E-state index contributed by atoms with van der Waals surface area (Å²) in [5, 5.41) is 0.753. The summed E-state index contributed by atoms with van der Waals surface area (Å²) in [6, 6.07) is 6.34. The lowest BCUT2D eigenvalue weighted by molar-refractivity contribution is -0.134. The summed E-state index contributed by atoms with van der Waals surface area (Å²) in [5.41, 5.74) is 5.88. The van der Waals surface area contributed by atoms with E-state index in [0.717, 1.165) is 90.1 Å². The van der Waals surface area contributed by atoms with Crippen molar-refractivity contribution in [1.29, 1.82) is 0 Å². The van der Waals surface area contributed by atoms with Crippen molar-refractivity contribution in [2.75, 3.05) is 26.2 Å². The number of piperidine rings is 2. The van der Waals surface area contributed by atoms with E-state index in [4.69, 9.17) is 16.6 Å². The van der Waals surface area contributed by atoms with Gasteiger partial charge in [0.25, 0.3) is 0 Å². The highest BCUT2D eigenvalue weighted by Gasteiger charge is 2.37. The number of aromatic amines is 1. The number of nitrogens with zero attached hydrogens (tertiary/aromatic N) is 4. The molecule has 1 atom stereocenters. The largest absolute Gasteiger partial charge is 0.348 e. The number of aromatic nitrogens is 3. The smallest absolute Gasteiger partial charge is 0.228 e. The van der Waals surface area contributed by atoms with Crippen LogP contribution < -0.4 is 0 Å². The number of H-pyrrole nitrogens is 1. The lowest BCUT2D eigenvalue weighted by atomic mass is 9.76. The zero-order chi connectivity index (χ0) is 28.5. The number of fused-ring (bicyclic) bond motifs is 2. The van der Waals surface area contributed by atoms with Crippen molar-refractivity contribution < 1.29 is 9.59 Å². The first-order chi connectivity index (χ1) is 19.9. The van der Waals surface area contributed by atoms with Crippen molar-refractivity contribution in [1.82, 2.24) is 24.8 Å². The fraction of sp³-hybridized carbons (Fsp3) is 0.484. The molecule has 3 aliphatic rings. The molecule has 1 aliphatic carbocycles. The van der Waals surface area contributed by atoms with E-state index < -0.39 is 0 Å². The maximum absolute atomic E-state index is 13.4. The van der Waals surface area contributed by atoms with Gasteiger partial charge in [-0.2, -0.15) is 0 Å². The van der Waals surface area contributed by atoms with Crippen LogP contribution in [0.25, 0.3) is 0 Å². The summed E-state index contributed by atoms with van der Waals surface area (Å²) in [6.45, 7) is 2.98. The Hall–Kier alpha value is -2.23. The van der Waals surface area contributed by atoms with Gasteiger partial charge in [0, 0.05) is 70.6 Å². The molecular formula is C31H34Br2ClN5O2. The molecule has 3 aromatic rings. The summed E-state index contributed by atoms with van der Waals surface area (Å²) >= 11 is 13.9. The Labute approximate surface area is 262 Å². The van der Waals surface area contributed by atoms with E-state index in [0.29, 0.717) is 24.7 Å². The van der Waals surface area contributed by atoms with Crippen molar-refractivity contribution >= 4 is 55.3 Å². The van der Waals surface area contributed by atoms with Crippen molar-refractivity contribution in [2.24, 2.45) is 11.8 Å². The molecule has 1 aromatic carbocycles. The molecule has 216 valence electrons. The Morgan fingerprint density at radius 3 is 2.37 bits per heavy atom. The van der Waals surface area contributed by atoms with Gasteiger partial charge in [-0.05, 0) is 101 Å². The number of amides is 2. The molecule has 0 unspecified atom stereocenters. The fourth-order valence-corrected chi connectivity index (χ4v) is 8.43. The average Bonchev–Trinajstić information content (AvgIpc) is 3.41. The lowest BCUT2D eigenvalue weighted by Crippen LogP contribution is -2.43. The van der Waals surface area contributed by atoms with E-state index in [1.165, 1.54) is 16.7 Å². The molecule has 2 saturated heterocycles. The van der Waals surface area contributed by atoms with Crippen molar-refractivity contribution in [3.05, 3.63) is 79.0 Å². The molecule has 0 saturated carbocycles. The van der Waals surface area contributed by atoms with Crippen LogP contribution in [0, 0.1) is 11.8 Å². The van der Waals surface area contributed by atoms with Gasteiger partial charge in [-0.3, -0.25) is 14.6 Å². The molecule has 4 heterocycles. The molecule has 2 aliphatic heterocycles. The second-order valence-corrected chi connectivity index (χ2v) is 13.8. The van der Waals surface area contributed by atoms with Gasteiger partial charge in [-0.1, -0.05) is 27.5 Å². The molecule has 41 heavy (non-hydrogen) atoms. The summed E-state index contributed by atoms with van der Waals surface area (Å²) in [5.74, 6) is 1.27. The minimum absolute atomic E-state index is 0.124. The number of imidazole rings is 1. The van der Waals surface area contributed by atoms with Crippen LogP contribution in [0.15, 0.2) is 45.9 Å². The van der Waals surface area contributed by atoms with Crippen LogP contribution in [0.1, 0.15) is 66.1 Å². The Morgan fingerprint density at radius 2 is 1.63 bits per heavy atom. The monoisotopic (exact) mass is 701 g/mol. The van der Waals surface area contributed by atoms with Crippen molar-refractivity contribution in [3.8, 4) is 0 Å². The minimum atomic E-state index is 0.124. The number of carbonyl (C=O) groups excluding carboxylic acids is 2. The van der Waals surface area contributed by atoms with E-state index in [1.54, 1.807) is 12.5 Å². The van der Waals surface area contributed by atoms with Crippen LogP contribution in [-0.2, 0) is 28.9 Å². The second-order valence-electron chi connectivity index (χ2n) is 11.6. The minimum Gasteiger partial charge on any atom is -0.348 e. The van der Waals surface area contributed by atoms with E-state index >= 15 is 0 Å². The lowest BCUT2D eigenvalue weighted by Gasteiger charge is -2.38. The molecule has 6 rings (SSSR count). The number of likely N-dealkylation sites (tertiary alicyclic amines) is 2. The van der Waals surface area contributed by atoms with Gasteiger partial charge < -0.3 is 14.8 Å². The van der Waals surface area contributed by atoms with Crippen molar-refractivity contribution in [3.63, 3.8) is 0 Å². The molecule has 0 radical (unpaired) electrons. The van der Waals surface area contributed by atoms with Gasteiger partial charge in [-0.25, -0.2) is 4.98 Å². The van der Waals surface area contributed by atoms with Gasteiger partial charge >= 0.3 is 0 Å². The number of nitrogens with one attached hydrogen (secondary N) is 1. The number of pyridine rings is 1. The first kappa shape index (κ1) is 28.9. The van der Waals surface area contributed by atoms with Crippen LogP contribution in [0.3, 0.4) is 0 Å². The molecule has 2 fully saturated rings. The highest BCUT2D eigenvalue weighted by Crippen LogP contribution is 2.46. The molecule has 7 nitrogen and oxygen atoms in total. The Morgan fingerprint density at radius 1 is 0.927 bits per heavy atom. The van der Waals surface area contributed by atoms with E-state index in [9.17, 15) is 9.59 Å². The fourth-order valence-electron chi connectivity index (χ4n) is 6.93. The summed E-state index contributed by atoms with van der Waals surface area (Å²) < 4.78 is 2.06. The highest BCUT2D eigenvalue weighted by molar-refractivity contribution is 9.10. The number of benzene rings is 1. The standard InChI is InChI=1S/C31H34Br2ClN5O2/c32-23-12-22-2-1-21-13-24(34)14-26(33)29(21)30(31(22)36-16-23)20-5-9-39(10-6-20)27(40)11-19-3-7-38(8-4-19)28(41)15-25-17-35-18-37-25/h12-14,16-20,30H,1-11,15H2,(H,35,37)/t30-/m1/s1. The maximum Gasteiger partial charge on any atom is 0.228 e. The van der Waals surface area contributed by atoms with E-state index in [1.807, 2.05) is 17.2 Å². The Bertz CT molecular complexity index is 1420. The van der Waals surface area contributed by atoms with Gasteiger partial charge in [0.15, 0.2) is 0 Å². The van der Waals surface area contributed by atoms with Gasteiger partial charge in [-0.15, -0.1) is 0 Å². The molecular weight excluding hydrogens is 670 g/mol. The van der Waals surface area contributed by atoms with E-state index in [2.05, 4.69) is 58.9 Å². The molecule has 2 amide bonds. The number of rotatable bonds is 5. The van der Waals surface area contributed by atoms with Crippen molar-refractivity contribution in [2.45, 2.75) is 57.3 Å². The molecule has 2 aromatic heterocycles. The van der Waals surface area contributed by atoms with Crippen LogP contribution in [0.2, 0.25) is 5.02 Å². The number of hydrogen-bond donors (Lipinski definition) is 1. The third-order valence-electron chi connectivity index (χ3n) is 9.11. The first-order valence-electron chi connectivity index (χ1n) is 14.5. The Balaban J connectivity index is 1.08. The average molecular weight is 704 g/mol. The quantitative estimate of drug-likeness (QED) is 0.337. The SMILES string of the molecule is O=C(Cc1cnc[nH]1)N1CCC(CC(=O)N2CCC([C@H]3c4ncc(Br)cc4CCc4cc(Cl)cc(Br)c43)CC2)CC1. The number of halogens is 3.